The fraction of sp³-hybridized carbons (Fsp3) is 0.125. The zero-order valence-corrected chi connectivity index (χ0v) is 20.0. The molecule has 0 aliphatic carbocycles. The Morgan fingerprint density at radius 1 is 0.861 bits per heavy atom. The highest BCUT2D eigenvalue weighted by atomic mass is 35.5. The molecule has 3 aromatic carbocycles. The first-order valence-corrected chi connectivity index (χ1v) is 11.2. The standard InChI is InChI=1S/C24H19Cl2N3O7/c25-15-4-9-21(20(26)12-15)36-19-7-5-16(6-8-19)27-22(30)10-11-24(32)35-14-23(31)28-17-2-1-3-18(13-17)29(33)34/h1-9,12-13H,10-11,14H2,(H,27,30)(H,28,31). The number of carbonyl (C=O) groups excluding carboxylic acids is 3. The van der Waals surface area contributed by atoms with Crippen LogP contribution in [-0.2, 0) is 19.1 Å². The number of benzene rings is 3. The van der Waals surface area contributed by atoms with Gasteiger partial charge in [0, 0.05) is 35.0 Å². The van der Waals surface area contributed by atoms with E-state index in [1.165, 1.54) is 24.3 Å². The van der Waals surface area contributed by atoms with E-state index in [1.54, 1.807) is 42.5 Å². The van der Waals surface area contributed by atoms with Crippen LogP contribution in [0.4, 0.5) is 17.1 Å². The van der Waals surface area contributed by atoms with Crippen molar-refractivity contribution in [2.24, 2.45) is 0 Å². The summed E-state index contributed by atoms with van der Waals surface area (Å²) in [5.41, 5.74) is 0.487. The summed E-state index contributed by atoms with van der Waals surface area (Å²) >= 11 is 11.9. The molecule has 0 aromatic heterocycles. The first kappa shape index (κ1) is 26.5. The van der Waals surface area contributed by atoms with Gasteiger partial charge in [-0.3, -0.25) is 24.5 Å². The average molecular weight is 532 g/mol. The van der Waals surface area contributed by atoms with Gasteiger partial charge in [-0.1, -0.05) is 29.3 Å². The van der Waals surface area contributed by atoms with Crippen molar-refractivity contribution in [1.82, 2.24) is 0 Å². The fourth-order valence-corrected chi connectivity index (χ4v) is 3.29. The van der Waals surface area contributed by atoms with Crippen LogP contribution in [0.2, 0.25) is 10.0 Å². The van der Waals surface area contributed by atoms with Crippen LogP contribution < -0.4 is 15.4 Å². The predicted octanol–water partition coefficient (Wildman–Crippen LogP) is 5.59. The Morgan fingerprint density at radius 2 is 1.58 bits per heavy atom. The van der Waals surface area contributed by atoms with E-state index in [4.69, 9.17) is 32.7 Å². The number of halogens is 2. The number of carbonyl (C=O) groups is 3. The smallest absolute Gasteiger partial charge is 0.306 e. The van der Waals surface area contributed by atoms with E-state index in [0.29, 0.717) is 27.2 Å². The van der Waals surface area contributed by atoms with Crippen LogP contribution in [-0.4, -0.2) is 29.3 Å². The minimum atomic E-state index is -0.747. The second-order valence-electron chi connectivity index (χ2n) is 7.27. The maximum Gasteiger partial charge on any atom is 0.306 e. The molecule has 36 heavy (non-hydrogen) atoms. The Balaban J connectivity index is 1.39. The Hall–Kier alpha value is -4.15. The molecule has 0 aliphatic heterocycles. The first-order valence-electron chi connectivity index (χ1n) is 10.4. The third kappa shape index (κ3) is 8.26. The summed E-state index contributed by atoms with van der Waals surface area (Å²) in [7, 11) is 0. The van der Waals surface area contributed by atoms with E-state index < -0.39 is 29.3 Å². The van der Waals surface area contributed by atoms with Crippen LogP contribution in [0.5, 0.6) is 11.5 Å². The lowest BCUT2D eigenvalue weighted by Crippen LogP contribution is -2.21. The van der Waals surface area contributed by atoms with Crippen LogP contribution in [0.1, 0.15) is 12.8 Å². The van der Waals surface area contributed by atoms with Crippen molar-refractivity contribution in [1.29, 1.82) is 0 Å². The minimum Gasteiger partial charge on any atom is -0.456 e. The third-order valence-electron chi connectivity index (χ3n) is 4.52. The molecule has 0 fully saturated rings. The molecule has 0 atom stereocenters. The molecule has 0 radical (unpaired) electrons. The molecule has 0 heterocycles. The van der Waals surface area contributed by atoms with Crippen molar-refractivity contribution in [3.63, 3.8) is 0 Å². The second kappa shape index (κ2) is 12.5. The highest BCUT2D eigenvalue weighted by molar-refractivity contribution is 6.35. The van der Waals surface area contributed by atoms with E-state index in [0.717, 1.165) is 0 Å². The van der Waals surface area contributed by atoms with E-state index in [-0.39, 0.29) is 24.2 Å². The second-order valence-corrected chi connectivity index (χ2v) is 8.11. The maximum absolute atomic E-state index is 12.1. The number of esters is 1. The maximum atomic E-state index is 12.1. The van der Waals surface area contributed by atoms with E-state index >= 15 is 0 Å². The van der Waals surface area contributed by atoms with Crippen LogP contribution in [0.15, 0.2) is 66.7 Å². The van der Waals surface area contributed by atoms with Crippen LogP contribution in [0, 0.1) is 10.1 Å². The lowest BCUT2D eigenvalue weighted by Gasteiger charge is -2.09. The van der Waals surface area contributed by atoms with Gasteiger partial charge in [-0.25, -0.2) is 0 Å². The monoisotopic (exact) mass is 531 g/mol. The number of hydrogen-bond acceptors (Lipinski definition) is 7. The Labute approximate surface area is 215 Å². The van der Waals surface area contributed by atoms with Gasteiger partial charge >= 0.3 is 5.97 Å². The zero-order chi connectivity index (χ0) is 26.1. The topological polar surface area (TPSA) is 137 Å². The molecule has 0 bridgehead atoms. The predicted molar refractivity (Wildman–Crippen MR) is 134 cm³/mol. The minimum absolute atomic E-state index is 0.163. The Morgan fingerprint density at radius 3 is 2.28 bits per heavy atom. The van der Waals surface area contributed by atoms with Gasteiger partial charge in [0.1, 0.15) is 11.5 Å². The van der Waals surface area contributed by atoms with Crippen molar-refractivity contribution >= 4 is 58.0 Å². The molecule has 10 nitrogen and oxygen atoms in total. The number of nitro benzene ring substituents is 1. The number of nitrogens with zero attached hydrogens (tertiary/aromatic N) is 1. The molecule has 0 unspecified atom stereocenters. The van der Waals surface area contributed by atoms with E-state index in [1.807, 2.05) is 0 Å². The van der Waals surface area contributed by atoms with Crippen molar-refractivity contribution < 1.29 is 28.8 Å². The lowest BCUT2D eigenvalue weighted by atomic mass is 10.2. The molecule has 0 saturated heterocycles. The molecule has 0 saturated carbocycles. The number of anilines is 2. The number of rotatable bonds is 10. The normalized spacial score (nSPS) is 10.3. The molecule has 3 aromatic rings. The van der Waals surface area contributed by atoms with Gasteiger partial charge in [0.15, 0.2) is 6.61 Å². The highest BCUT2D eigenvalue weighted by Crippen LogP contribution is 2.32. The van der Waals surface area contributed by atoms with E-state index in [2.05, 4.69) is 10.6 Å². The average Bonchev–Trinajstić information content (AvgIpc) is 2.84. The largest absolute Gasteiger partial charge is 0.456 e. The Kier molecular flexibility index (Phi) is 9.20. The number of nitrogens with one attached hydrogen (secondary N) is 2. The van der Waals surface area contributed by atoms with Gasteiger partial charge in [0.05, 0.1) is 16.4 Å². The number of nitro groups is 1. The Bertz CT molecular complexity index is 1280. The molecule has 2 amide bonds. The summed E-state index contributed by atoms with van der Waals surface area (Å²) in [6, 6.07) is 16.7. The van der Waals surface area contributed by atoms with Crippen molar-refractivity contribution in [3.05, 3.63) is 86.9 Å². The number of non-ortho nitro benzene ring substituents is 1. The zero-order valence-electron chi connectivity index (χ0n) is 18.5. The molecular formula is C24H19Cl2N3O7. The van der Waals surface area contributed by atoms with Gasteiger partial charge in [-0.2, -0.15) is 0 Å². The summed E-state index contributed by atoms with van der Waals surface area (Å²) < 4.78 is 10.5. The molecule has 0 spiro atoms. The van der Waals surface area contributed by atoms with Crippen molar-refractivity contribution in [3.8, 4) is 11.5 Å². The fourth-order valence-electron chi connectivity index (χ4n) is 2.84. The molecular weight excluding hydrogens is 513 g/mol. The molecule has 2 N–H and O–H groups in total. The molecule has 12 heteroatoms. The van der Waals surface area contributed by atoms with Crippen LogP contribution in [0.25, 0.3) is 0 Å². The molecule has 186 valence electrons. The summed E-state index contributed by atoms with van der Waals surface area (Å²) in [4.78, 5) is 46.1. The molecule has 0 aliphatic rings. The van der Waals surface area contributed by atoms with Gasteiger partial charge in [-0.15, -0.1) is 0 Å². The summed E-state index contributed by atoms with van der Waals surface area (Å²) in [5.74, 6) is -0.930. The summed E-state index contributed by atoms with van der Waals surface area (Å²) in [5, 5.41) is 16.6. The van der Waals surface area contributed by atoms with Gasteiger partial charge in [0.25, 0.3) is 11.6 Å². The van der Waals surface area contributed by atoms with Gasteiger partial charge < -0.3 is 20.1 Å². The van der Waals surface area contributed by atoms with Crippen LogP contribution >= 0.6 is 23.2 Å². The lowest BCUT2D eigenvalue weighted by molar-refractivity contribution is -0.384. The van der Waals surface area contributed by atoms with Gasteiger partial charge in [-0.05, 0) is 48.5 Å². The molecule has 3 rings (SSSR count). The summed E-state index contributed by atoms with van der Waals surface area (Å²) in [6.07, 6.45) is -0.407. The van der Waals surface area contributed by atoms with Crippen molar-refractivity contribution in [2.75, 3.05) is 17.2 Å². The van der Waals surface area contributed by atoms with Gasteiger partial charge in [0.2, 0.25) is 5.91 Å². The highest BCUT2D eigenvalue weighted by Gasteiger charge is 2.13. The quantitative estimate of drug-likeness (QED) is 0.197. The van der Waals surface area contributed by atoms with Crippen molar-refractivity contribution in [2.45, 2.75) is 12.8 Å². The van der Waals surface area contributed by atoms with Crippen LogP contribution in [0.3, 0.4) is 0 Å². The number of hydrogen-bond donors (Lipinski definition) is 2. The third-order valence-corrected chi connectivity index (χ3v) is 5.05. The number of amides is 2. The number of ether oxygens (including phenoxy) is 2. The first-order chi connectivity index (χ1) is 17.2. The summed E-state index contributed by atoms with van der Waals surface area (Å²) in [6.45, 7) is -0.595. The van der Waals surface area contributed by atoms with E-state index in [9.17, 15) is 24.5 Å². The SMILES string of the molecule is O=C(CCC(=O)OCC(=O)Nc1cccc([N+](=O)[O-])c1)Nc1ccc(Oc2ccc(Cl)cc2Cl)cc1.